The summed E-state index contributed by atoms with van der Waals surface area (Å²) in [6.07, 6.45) is 7.62. The SMILES string of the molecule is CCC1CC1(NC(=O)[C@@H]1C[C@@H]2CN1C(=O)[C@H](C1CCCCC1)NC(=O)OCC(C)(C)CCCc1cc3c(nccc3cc1OC)O2)P(=O)(O)O. The van der Waals surface area contributed by atoms with Gasteiger partial charge in [0.1, 0.15) is 29.2 Å². The average Bonchev–Trinajstić information content (AvgIpc) is 3.66. The molecule has 4 aliphatic rings. The number of fused-ring (bicyclic) bond motifs is 3. The molecule has 3 amide bonds. The molecule has 2 saturated carbocycles. The monoisotopic (exact) mass is 714 g/mol. The number of nitrogens with one attached hydrogen (secondary N) is 2. The van der Waals surface area contributed by atoms with Gasteiger partial charge in [0.05, 0.1) is 20.3 Å². The second-order valence-electron chi connectivity index (χ2n) is 15.4. The number of cyclic esters (lactones) is 1. The van der Waals surface area contributed by atoms with Gasteiger partial charge in [-0.05, 0) is 84.9 Å². The highest BCUT2D eigenvalue weighted by Gasteiger charge is 2.66. The second-order valence-corrected chi connectivity index (χ2v) is 17.3. The first-order chi connectivity index (χ1) is 23.7. The number of aryl methyl sites for hydroxylation is 1. The van der Waals surface area contributed by atoms with Crippen LogP contribution < -0.4 is 20.1 Å². The van der Waals surface area contributed by atoms with E-state index in [0.29, 0.717) is 18.7 Å². The molecule has 5 atom stereocenters. The molecular formula is C36H51N4O9P. The maximum absolute atomic E-state index is 14.6. The normalized spacial score (nSPS) is 29.4. The van der Waals surface area contributed by atoms with Crippen LogP contribution >= 0.6 is 7.60 Å². The van der Waals surface area contributed by atoms with E-state index in [4.69, 9.17) is 14.2 Å². The van der Waals surface area contributed by atoms with Crippen molar-refractivity contribution in [3.05, 3.63) is 30.0 Å². The van der Waals surface area contributed by atoms with Crippen molar-refractivity contribution in [2.24, 2.45) is 17.3 Å². The Morgan fingerprint density at radius 2 is 1.94 bits per heavy atom. The molecule has 2 unspecified atom stereocenters. The van der Waals surface area contributed by atoms with Crippen LogP contribution in [0.5, 0.6) is 11.6 Å². The van der Waals surface area contributed by atoms with E-state index in [2.05, 4.69) is 15.6 Å². The molecule has 6 rings (SSSR count). The van der Waals surface area contributed by atoms with E-state index in [0.717, 1.165) is 67.0 Å². The van der Waals surface area contributed by atoms with Crippen LogP contribution in [-0.4, -0.2) is 81.3 Å². The number of pyridine rings is 1. The molecule has 2 aliphatic carbocycles. The van der Waals surface area contributed by atoms with Gasteiger partial charge < -0.3 is 39.5 Å². The predicted molar refractivity (Wildman–Crippen MR) is 186 cm³/mol. The van der Waals surface area contributed by atoms with Crippen LogP contribution in [0.2, 0.25) is 0 Å². The minimum absolute atomic E-state index is 0.0189. The Hall–Kier alpha value is -3.41. The summed E-state index contributed by atoms with van der Waals surface area (Å²) in [6, 6.07) is 3.81. The lowest BCUT2D eigenvalue weighted by atomic mass is 9.83. The lowest BCUT2D eigenvalue weighted by molar-refractivity contribution is -0.141. The van der Waals surface area contributed by atoms with Gasteiger partial charge in [-0.25, -0.2) is 9.78 Å². The van der Waals surface area contributed by atoms with Gasteiger partial charge in [-0.3, -0.25) is 14.2 Å². The van der Waals surface area contributed by atoms with E-state index >= 15 is 0 Å². The molecule has 13 nitrogen and oxygen atoms in total. The second kappa shape index (κ2) is 14.3. The average molecular weight is 715 g/mol. The molecule has 0 spiro atoms. The van der Waals surface area contributed by atoms with Crippen molar-refractivity contribution in [3.8, 4) is 11.6 Å². The summed E-state index contributed by atoms with van der Waals surface area (Å²) in [5.74, 6) is -0.532. The van der Waals surface area contributed by atoms with Gasteiger partial charge in [-0.15, -0.1) is 0 Å². The Bertz CT molecular complexity index is 1660. The number of hydrogen-bond donors (Lipinski definition) is 4. The molecular weight excluding hydrogens is 663 g/mol. The quantitative estimate of drug-likeness (QED) is 0.296. The van der Waals surface area contributed by atoms with Crippen LogP contribution in [-0.2, 0) is 25.3 Å². The van der Waals surface area contributed by atoms with E-state index in [1.807, 2.05) is 39.0 Å². The number of benzene rings is 1. The topological polar surface area (TPSA) is 177 Å². The zero-order valence-corrected chi connectivity index (χ0v) is 30.4. The number of aromatic nitrogens is 1. The summed E-state index contributed by atoms with van der Waals surface area (Å²) >= 11 is 0. The Kier molecular flexibility index (Phi) is 10.4. The number of alkyl carbamates (subject to hydrolysis) is 1. The van der Waals surface area contributed by atoms with Gasteiger partial charge in [0.15, 0.2) is 0 Å². The number of carbonyl (C=O) groups is 3. The standard InChI is InChI=1S/C36H51N4O9P/c1-5-25-19-36(25,50(44,45)46)39-31(41)28-18-26-20-40(28)33(42)30(22-10-7-6-8-11-22)38-34(43)48-21-35(2,3)14-9-12-24-16-27-23(17-29(24)47-4)13-15-37-32(27)49-26/h13,15-17,22,25-26,28,30H,5-12,14,18-21H2,1-4H3,(H,38,43)(H,39,41)(H2,44,45,46)/t25?,26-,28+,30+,36?/m1/s1. The molecule has 0 radical (unpaired) electrons. The summed E-state index contributed by atoms with van der Waals surface area (Å²) < 4.78 is 30.6. The van der Waals surface area contributed by atoms with Crippen molar-refractivity contribution in [2.75, 3.05) is 20.3 Å². The predicted octanol–water partition coefficient (Wildman–Crippen LogP) is 5.05. The number of amides is 3. The first-order valence-corrected chi connectivity index (χ1v) is 19.6. The highest BCUT2D eigenvalue weighted by Crippen LogP contribution is 2.67. The van der Waals surface area contributed by atoms with Crippen LogP contribution in [0.4, 0.5) is 4.79 Å². The first kappa shape index (κ1) is 36.4. The molecule has 3 heterocycles. The summed E-state index contributed by atoms with van der Waals surface area (Å²) in [5, 5.41) is 5.54. The van der Waals surface area contributed by atoms with Crippen LogP contribution in [0, 0.1) is 17.3 Å². The van der Waals surface area contributed by atoms with Gasteiger partial charge in [0.25, 0.3) is 0 Å². The highest BCUT2D eigenvalue weighted by atomic mass is 31.2. The van der Waals surface area contributed by atoms with E-state index in [1.54, 1.807) is 13.3 Å². The van der Waals surface area contributed by atoms with Crippen molar-refractivity contribution in [2.45, 2.75) is 115 Å². The van der Waals surface area contributed by atoms with Gasteiger partial charge in [0.2, 0.25) is 17.7 Å². The summed E-state index contributed by atoms with van der Waals surface area (Å²) in [7, 11) is -3.08. The summed E-state index contributed by atoms with van der Waals surface area (Å²) in [5.41, 5.74) is 0.633. The third kappa shape index (κ3) is 7.46. The van der Waals surface area contributed by atoms with Crippen LogP contribution in [0.3, 0.4) is 0 Å². The lowest BCUT2D eigenvalue weighted by Crippen LogP contribution is -2.57. The third-order valence-electron chi connectivity index (χ3n) is 11.2. The van der Waals surface area contributed by atoms with Crippen molar-refractivity contribution >= 4 is 36.3 Å². The molecule has 1 aromatic heterocycles. The Labute approximate surface area is 293 Å². The Morgan fingerprint density at radius 1 is 1.18 bits per heavy atom. The minimum Gasteiger partial charge on any atom is -0.496 e. The lowest BCUT2D eigenvalue weighted by Gasteiger charge is -2.35. The fraction of sp³-hybridized carbons (Fsp3) is 0.667. The number of nitrogens with zero attached hydrogens (tertiary/aromatic N) is 2. The number of carbonyl (C=O) groups excluding carboxylic acids is 3. The van der Waals surface area contributed by atoms with E-state index in [1.165, 1.54) is 4.90 Å². The molecule has 1 saturated heterocycles. The summed E-state index contributed by atoms with van der Waals surface area (Å²) in [4.78, 5) is 68.6. The zero-order chi connectivity index (χ0) is 35.8. The fourth-order valence-corrected chi connectivity index (χ4v) is 9.57. The molecule has 274 valence electrons. The Balaban J connectivity index is 1.38. The highest BCUT2D eigenvalue weighted by molar-refractivity contribution is 7.54. The van der Waals surface area contributed by atoms with E-state index in [-0.39, 0.29) is 43.2 Å². The third-order valence-corrected chi connectivity index (χ3v) is 12.9. The molecule has 50 heavy (non-hydrogen) atoms. The van der Waals surface area contributed by atoms with Crippen LogP contribution in [0.25, 0.3) is 10.8 Å². The van der Waals surface area contributed by atoms with Gasteiger partial charge in [0, 0.05) is 18.0 Å². The number of methoxy groups -OCH3 is 1. The number of hydrogen-bond acceptors (Lipinski definition) is 8. The zero-order valence-electron chi connectivity index (χ0n) is 29.5. The van der Waals surface area contributed by atoms with Crippen molar-refractivity contribution < 1.29 is 42.9 Å². The van der Waals surface area contributed by atoms with Crippen molar-refractivity contribution in [1.29, 1.82) is 0 Å². The number of rotatable bonds is 6. The largest absolute Gasteiger partial charge is 0.496 e. The fourth-order valence-electron chi connectivity index (χ4n) is 8.19. The maximum atomic E-state index is 14.6. The van der Waals surface area contributed by atoms with E-state index < -0.39 is 49.0 Å². The van der Waals surface area contributed by atoms with E-state index in [9.17, 15) is 28.7 Å². The van der Waals surface area contributed by atoms with Gasteiger partial charge in [-0.2, -0.15) is 0 Å². The first-order valence-electron chi connectivity index (χ1n) is 18.0. The van der Waals surface area contributed by atoms with Gasteiger partial charge >= 0.3 is 13.7 Å². The maximum Gasteiger partial charge on any atom is 0.407 e. The van der Waals surface area contributed by atoms with Crippen molar-refractivity contribution in [1.82, 2.24) is 20.5 Å². The minimum atomic E-state index is -4.72. The van der Waals surface area contributed by atoms with Gasteiger partial charge in [-0.1, -0.05) is 46.5 Å². The molecule has 4 N–H and O–H groups in total. The molecule has 3 fully saturated rings. The molecule has 2 aliphatic heterocycles. The molecule has 1 aromatic carbocycles. The Morgan fingerprint density at radius 3 is 2.62 bits per heavy atom. The molecule has 4 bridgehead atoms. The summed E-state index contributed by atoms with van der Waals surface area (Å²) in [6.45, 7) is 6.07. The smallest absolute Gasteiger partial charge is 0.407 e. The van der Waals surface area contributed by atoms with Crippen molar-refractivity contribution in [3.63, 3.8) is 0 Å². The molecule has 14 heteroatoms. The van der Waals surface area contributed by atoms with Crippen LogP contribution in [0.1, 0.15) is 90.5 Å². The van der Waals surface area contributed by atoms with Crippen LogP contribution in [0.15, 0.2) is 24.4 Å². The molecule has 2 aromatic rings. The number of ether oxygens (including phenoxy) is 3.